The molecule has 0 aliphatic carbocycles. The standard InChI is InChI=1S/C12H26NO.C2HF3O2/c1-11(2)14-10-13(12(3,4)5)8-6-7-9-13;3-2(4,5)1(6)7/h11H,6-10H2,1-5H3;(H,6,7)/q+1;/p-1. The van der Waals surface area contributed by atoms with Gasteiger partial charge in [-0.3, -0.25) is 4.48 Å². The molecular weight excluding hydrogens is 287 g/mol. The van der Waals surface area contributed by atoms with Crippen molar-refractivity contribution in [3.8, 4) is 0 Å². The van der Waals surface area contributed by atoms with Gasteiger partial charge in [-0.25, -0.2) is 0 Å². The van der Waals surface area contributed by atoms with Crippen LogP contribution < -0.4 is 5.11 Å². The van der Waals surface area contributed by atoms with Crippen molar-refractivity contribution < 1.29 is 32.3 Å². The molecule has 126 valence electrons. The molecule has 0 aromatic heterocycles. The molecule has 1 saturated heterocycles. The topological polar surface area (TPSA) is 49.4 Å². The van der Waals surface area contributed by atoms with Crippen LogP contribution in [0.25, 0.3) is 0 Å². The molecular formula is C14H26F3NO3. The highest BCUT2D eigenvalue weighted by molar-refractivity contribution is 5.70. The molecule has 0 radical (unpaired) electrons. The fourth-order valence-electron chi connectivity index (χ4n) is 2.23. The van der Waals surface area contributed by atoms with Gasteiger partial charge < -0.3 is 14.6 Å². The van der Waals surface area contributed by atoms with E-state index in [9.17, 15) is 13.2 Å². The van der Waals surface area contributed by atoms with Crippen LogP contribution >= 0.6 is 0 Å². The minimum absolute atomic E-state index is 0.325. The minimum Gasteiger partial charge on any atom is -0.542 e. The molecule has 21 heavy (non-hydrogen) atoms. The number of halogens is 3. The lowest BCUT2D eigenvalue weighted by molar-refractivity contribution is -0.977. The number of aliphatic carboxylic acids is 1. The zero-order valence-electron chi connectivity index (χ0n) is 13.4. The van der Waals surface area contributed by atoms with Gasteiger partial charge in [0.1, 0.15) is 5.97 Å². The summed E-state index contributed by atoms with van der Waals surface area (Å²) < 4.78 is 38.5. The number of carbonyl (C=O) groups is 1. The van der Waals surface area contributed by atoms with Crippen LogP contribution in [0.2, 0.25) is 0 Å². The van der Waals surface area contributed by atoms with E-state index in [0.717, 1.165) is 11.2 Å². The third-order valence-corrected chi connectivity index (χ3v) is 3.73. The van der Waals surface area contributed by atoms with Crippen LogP contribution in [0.15, 0.2) is 0 Å². The second-order valence-electron chi connectivity index (χ2n) is 6.60. The van der Waals surface area contributed by atoms with Crippen LogP contribution in [0.4, 0.5) is 13.2 Å². The van der Waals surface area contributed by atoms with Gasteiger partial charge in [0.15, 0.2) is 6.73 Å². The maximum atomic E-state index is 10.5. The summed E-state index contributed by atoms with van der Waals surface area (Å²) in [5.41, 5.74) is 0.325. The molecule has 0 saturated carbocycles. The van der Waals surface area contributed by atoms with E-state index < -0.39 is 12.1 Å². The number of carboxylic acids is 1. The largest absolute Gasteiger partial charge is 0.542 e. The lowest BCUT2D eigenvalue weighted by Gasteiger charge is -2.45. The first-order valence-corrected chi connectivity index (χ1v) is 7.08. The second-order valence-corrected chi connectivity index (χ2v) is 6.60. The average molecular weight is 313 g/mol. The van der Waals surface area contributed by atoms with Crippen LogP contribution in [0.1, 0.15) is 47.5 Å². The van der Waals surface area contributed by atoms with Crippen LogP contribution in [0.3, 0.4) is 0 Å². The highest BCUT2D eigenvalue weighted by Gasteiger charge is 2.42. The number of carboxylic acid groups (broad SMARTS) is 1. The lowest BCUT2D eigenvalue weighted by Crippen LogP contribution is -2.59. The molecule has 0 aromatic rings. The molecule has 1 fully saturated rings. The van der Waals surface area contributed by atoms with Crippen molar-refractivity contribution in [2.24, 2.45) is 0 Å². The Morgan fingerprint density at radius 1 is 1.19 bits per heavy atom. The number of alkyl halides is 3. The fraction of sp³-hybridized carbons (Fsp3) is 0.929. The van der Waals surface area contributed by atoms with Gasteiger partial charge in [-0.15, -0.1) is 0 Å². The van der Waals surface area contributed by atoms with Crippen LogP contribution in [0.5, 0.6) is 0 Å². The maximum absolute atomic E-state index is 10.5. The summed E-state index contributed by atoms with van der Waals surface area (Å²) in [5, 5.41) is 8.78. The van der Waals surface area contributed by atoms with E-state index in [1.165, 1.54) is 25.9 Å². The Hall–Kier alpha value is -0.820. The van der Waals surface area contributed by atoms with Gasteiger partial charge in [0.25, 0.3) is 0 Å². The number of hydrogen-bond donors (Lipinski definition) is 0. The van der Waals surface area contributed by atoms with Crippen molar-refractivity contribution in [3.63, 3.8) is 0 Å². The van der Waals surface area contributed by atoms with Crippen molar-refractivity contribution in [1.29, 1.82) is 0 Å². The molecule has 0 unspecified atom stereocenters. The number of nitrogens with zero attached hydrogens (tertiary/aromatic N) is 1. The third kappa shape index (κ3) is 6.65. The van der Waals surface area contributed by atoms with Crippen molar-refractivity contribution in [2.45, 2.75) is 65.3 Å². The minimum atomic E-state index is -5.19. The Kier molecular flexibility index (Phi) is 7.15. The number of rotatable bonds is 3. The molecule has 1 aliphatic rings. The van der Waals surface area contributed by atoms with Crippen LogP contribution in [-0.2, 0) is 9.53 Å². The summed E-state index contributed by atoms with van der Waals surface area (Å²) in [6, 6.07) is 0. The molecule has 0 aromatic carbocycles. The zero-order chi connectivity index (χ0) is 16.9. The predicted octanol–water partition coefficient (Wildman–Crippen LogP) is 2.08. The molecule has 0 spiro atoms. The number of hydrogen-bond acceptors (Lipinski definition) is 3. The SMILES string of the molecule is CC(C)OC[N+]1(C(C)(C)C)CCCC1.O=C([O-])C(F)(F)F. The van der Waals surface area contributed by atoms with Gasteiger partial charge in [0, 0.05) is 12.8 Å². The van der Waals surface area contributed by atoms with E-state index in [-0.39, 0.29) is 0 Å². The summed E-state index contributed by atoms with van der Waals surface area (Å²) in [5.74, 6) is -3.01. The van der Waals surface area contributed by atoms with Gasteiger partial charge >= 0.3 is 6.18 Å². The van der Waals surface area contributed by atoms with Gasteiger partial charge in [-0.1, -0.05) is 0 Å². The molecule has 1 heterocycles. The second kappa shape index (κ2) is 7.45. The first kappa shape index (κ1) is 20.2. The summed E-state index contributed by atoms with van der Waals surface area (Å²) in [6.07, 6.45) is -2.12. The molecule has 0 bridgehead atoms. The molecule has 4 nitrogen and oxygen atoms in total. The monoisotopic (exact) mass is 313 g/mol. The maximum Gasteiger partial charge on any atom is 0.430 e. The van der Waals surface area contributed by atoms with Crippen molar-refractivity contribution in [1.82, 2.24) is 0 Å². The molecule has 1 aliphatic heterocycles. The molecule has 0 N–H and O–H groups in total. The average Bonchev–Trinajstić information content (AvgIpc) is 2.74. The van der Waals surface area contributed by atoms with E-state index in [0.29, 0.717) is 11.6 Å². The van der Waals surface area contributed by atoms with E-state index in [2.05, 4.69) is 34.6 Å². The Bertz CT molecular complexity index is 329. The molecule has 0 amide bonds. The normalized spacial score (nSPS) is 18.3. The van der Waals surface area contributed by atoms with Gasteiger partial charge in [-0.05, 0) is 34.6 Å². The van der Waals surface area contributed by atoms with Crippen molar-refractivity contribution in [3.05, 3.63) is 0 Å². The van der Waals surface area contributed by atoms with Gasteiger partial charge in [0.2, 0.25) is 0 Å². The lowest BCUT2D eigenvalue weighted by atomic mass is 10.0. The molecule has 1 rings (SSSR count). The Morgan fingerprint density at radius 2 is 1.57 bits per heavy atom. The number of quaternary nitrogens is 1. The van der Waals surface area contributed by atoms with Gasteiger partial charge in [-0.2, -0.15) is 13.2 Å². The predicted molar refractivity (Wildman–Crippen MR) is 71.1 cm³/mol. The fourth-order valence-corrected chi connectivity index (χ4v) is 2.23. The summed E-state index contributed by atoms with van der Waals surface area (Å²) in [7, 11) is 0. The summed E-state index contributed by atoms with van der Waals surface area (Å²) in [6.45, 7) is 14.7. The van der Waals surface area contributed by atoms with Crippen molar-refractivity contribution in [2.75, 3.05) is 19.8 Å². The smallest absolute Gasteiger partial charge is 0.430 e. The van der Waals surface area contributed by atoms with E-state index in [4.69, 9.17) is 14.6 Å². The Labute approximate surface area is 124 Å². The third-order valence-electron chi connectivity index (χ3n) is 3.73. The highest BCUT2D eigenvalue weighted by Crippen LogP contribution is 2.31. The number of ether oxygens (including phenoxy) is 1. The van der Waals surface area contributed by atoms with E-state index in [1.807, 2.05) is 0 Å². The first-order chi connectivity index (χ1) is 9.32. The van der Waals surface area contributed by atoms with E-state index in [1.54, 1.807) is 0 Å². The van der Waals surface area contributed by atoms with E-state index >= 15 is 0 Å². The quantitative estimate of drug-likeness (QED) is 0.750. The molecule has 7 heteroatoms. The van der Waals surface area contributed by atoms with Crippen LogP contribution in [0, 0.1) is 0 Å². The van der Waals surface area contributed by atoms with Gasteiger partial charge in [0.05, 0.1) is 24.7 Å². The summed E-state index contributed by atoms with van der Waals surface area (Å²) >= 11 is 0. The van der Waals surface area contributed by atoms with Crippen LogP contribution in [-0.4, -0.2) is 48.1 Å². The summed E-state index contributed by atoms with van der Waals surface area (Å²) in [4.78, 5) is 8.78. The number of likely N-dealkylation sites (tertiary alicyclic amines) is 1. The highest BCUT2D eigenvalue weighted by atomic mass is 19.4. The first-order valence-electron chi connectivity index (χ1n) is 7.08. The zero-order valence-corrected chi connectivity index (χ0v) is 13.4. The molecule has 0 atom stereocenters. The Balaban J connectivity index is 0.000000486. The number of carbonyl (C=O) groups excluding carboxylic acids is 1. The Morgan fingerprint density at radius 3 is 1.81 bits per heavy atom. The van der Waals surface area contributed by atoms with Crippen molar-refractivity contribution >= 4 is 5.97 Å².